The molecule has 0 bridgehead atoms. The minimum absolute atomic E-state index is 1.33. The van der Waals surface area contributed by atoms with Gasteiger partial charge in [-0.3, -0.25) is 0 Å². The number of unbranched alkanes of at least 4 members (excludes halogenated alkanes) is 4. The van der Waals surface area contributed by atoms with Crippen LogP contribution in [0, 0.1) is 0 Å². The van der Waals surface area contributed by atoms with Crippen LogP contribution in [-0.2, 0) is 6.42 Å². The minimum atomic E-state index is -1.82. The Labute approximate surface area is 148 Å². The van der Waals surface area contributed by atoms with Gasteiger partial charge in [-0.15, -0.1) is 0 Å². The Balaban J connectivity index is 2.48. The van der Waals surface area contributed by atoms with Crippen molar-refractivity contribution >= 4 is 29.7 Å². The maximum atomic E-state index is 2.38. The van der Waals surface area contributed by atoms with Gasteiger partial charge in [0.1, 0.15) is 0 Å². The van der Waals surface area contributed by atoms with Crippen LogP contribution in [0.2, 0.25) is 17.7 Å². The molecule has 2 heteroatoms. The third-order valence-electron chi connectivity index (χ3n) is 5.14. The van der Waals surface area contributed by atoms with Crippen molar-refractivity contribution in [2.24, 2.45) is 0 Å². The summed E-state index contributed by atoms with van der Waals surface area (Å²) in [6.45, 7) is 7.15. The number of thiophene rings is 1. The quantitative estimate of drug-likeness (QED) is 0.208. The standard InChI is InChI=1S/C8H11S.3C4H9.Sn/c1-2-3-5-8-6-4-7-9-8;3*1-3-4-2;/h4,6-7H,1-3,5H2;3*1,3-4H2,2H3;. The molecule has 0 aliphatic carbocycles. The molecule has 0 spiro atoms. The molecule has 1 aromatic rings. The number of rotatable bonds is 14. The summed E-state index contributed by atoms with van der Waals surface area (Å²) in [5.74, 6) is 0. The second-order valence-corrected chi connectivity index (χ2v) is 22.4. The Morgan fingerprint density at radius 2 is 1.32 bits per heavy atom. The van der Waals surface area contributed by atoms with E-state index in [9.17, 15) is 0 Å². The van der Waals surface area contributed by atoms with Gasteiger partial charge in [-0.2, -0.15) is 0 Å². The Kier molecular flexibility index (Phi) is 12.0. The van der Waals surface area contributed by atoms with Crippen molar-refractivity contribution in [3.8, 4) is 0 Å². The van der Waals surface area contributed by atoms with Gasteiger partial charge in [-0.1, -0.05) is 0 Å². The van der Waals surface area contributed by atoms with Crippen molar-refractivity contribution in [2.45, 2.75) is 96.3 Å². The monoisotopic (exact) mass is 430 g/mol. The molecule has 0 aliphatic rings. The van der Waals surface area contributed by atoms with Gasteiger partial charge in [0.15, 0.2) is 0 Å². The van der Waals surface area contributed by atoms with Crippen LogP contribution in [0.3, 0.4) is 0 Å². The van der Waals surface area contributed by atoms with Crippen molar-refractivity contribution < 1.29 is 0 Å². The normalized spacial score (nSPS) is 12.0. The van der Waals surface area contributed by atoms with E-state index in [2.05, 4.69) is 38.3 Å². The molecule has 22 heavy (non-hydrogen) atoms. The summed E-state index contributed by atoms with van der Waals surface area (Å²) in [5, 5.41) is 2.22. The molecule has 1 heterocycles. The molecule has 0 atom stereocenters. The first kappa shape index (κ1) is 20.5. The molecule has 0 nitrogen and oxygen atoms in total. The van der Waals surface area contributed by atoms with Crippen molar-refractivity contribution in [1.82, 2.24) is 0 Å². The first-order valence-corrected chi connectivity index (χ1v) is 18.7. The Morgan fingerprint density at radius 1 is 0.773 bits per heavy atom. The van der Waals surface area contributed by atoms with E-state index in [0.717, 1.165) is 0 Å². The van der Waals surface area contributed by atoms with Crippen molar-refractivity contribution in [3.63, 3.8) is 0 Å². The molecule has 0 aromatic carbocycles. The van der Waals surface area contributed by atoms with E-state index in [1.54, 1.807) is 22.6 Å². The number of aryl methyl sites for hydroxylation is 1. The van der Waals surface area contributed by atoms with Crippen LogP contribution >= 0.6 is 11.3 Å². The molecule has 1 aromatic heterocycles. The third-order valence-corrected chi connectivity index (χ3v) is 22.2. The molecule has 0 radical (unpaired) electrons. The van der Waals surface area contributed by atoms with E-state index < -0.39 is 18.4 Å². The van der Waals surface area contributed by atoms with Gasteiger partial charge in [0.2, 0.25) is 0 Å². The summed E-state index contributed by atoms with van der Waals surface area (Å²) in [7, 11) is 0. The predicted molar refractivity (Wildman–Crippen MR) is 107 cm³/mol. The topological polar surface area (TPSA) is 0 Å². The zero-order valence-corrected chi connectivity index (χ0v) is 19.0. The van der Waals surface area contributed by atoms with E-state index in [1.165, 1.54) is 57.8 Å². The summed E-state index contributed by atoms with van der Waals surface area (Å²) in [6, 6.07) is 4.51. The Bertz CT molecular complexity index is 323. The molecule has 0 fully saturated rings. The fourth-order valence-electron chi connectivity index (χ4n) is 3.66. The van der Waals surface area contributed by atoms with Gasteiger partial charge >= 0.3 is 148 Å². The maximum absolute atomic E-state index is 2.38. The second-order valence-electron chi connectivity index (χ2n) is 7.10. The van der Waals surface area contributed by atoms with Gasteiger partial charge in [0, 0.05) is 0 Å². The van der Waals surface area contributed by atoms with Gasteiger partial charge in [0.05, 0.1) is 0 Å². The summed E-state index contributed by atoms with van der Waals surface area (Å²) in [6.07, 6.45) is 13.1. The molecular weight excluding hydrogens is 391 g/mol. The number of hydrogen-bond donors (Lipinski definition) is 0. The van der Waals surface area contributed by atoms with Crippen molar-refractivity contribution in [2.75, 3.05) is 0 Å². The van der Waals surface area contributed by atoms with Crippen LogP contribution in [0.5, 0.6) is 0 Å². The van der Waals surface area contributed by atoms with E-state index in [4.69, 9.17) is 0 Å². The average Bonchev–Trinajstić information content (AvgIpc) is 3.06. The van der Waals surface area contributed by atoms with E-state index in [1.807, 2.05) is 11.3 Å². The first-order valence-electron chi connectivity index (χ1n) is 9.78. The van der Waals surface area contributed by atoms with E-state index in [-0.39, 0.29) is 0 Å². The summed E-state index contributed by atoms with van der Waals surface area (Å²) in [5.41, 5.74) is 0. The SMILES string of the molecule is CCC[CH2][Sn]([CH2]CCC)([CH2]CCC)[CH2]CCCc1cccs1. The summed E-state index contributed by atoms with van der Waals surface area (Å²) in [4.78, 5) is 1.59. The van der Waals surface area contributed by atoms with Crippen molar-refractivity contribution in [1.29, 1.82) is 0 Å². The molecule has 0 N–H and O–H groups in total. The molecule has 0 aliphatic heterocycles. The summed E-state index contributed by atoms with van der Waals surface area (Å²) >= 11 is 0.122. The van der Waals surface area contributed by atoms with E-state index in [0.29, 0.717) is 0 Å². The van der Waals surface area contributed by atoms with Gasteiger partial charge in [-0.05, 0) is 0 Å². The molecule has 128 valence electrons. The Morgan fingerprint density at radius 3 is 1.77 bits per heavy atom. The van der Waals surface area contributed by atoms with Gasteiger partial charge < -0.3 is 0 Å². The molecule has 1 rings (SSSR count). The summed E-state index contributed by atoms with van der Waals surface area (Å²) < 4.78 is 6.73. The zero-order valence-electron chi connectivity index (χ0n) is 15.3. The molecular formula is C20H38SSn. The second kappa shape index (κ2) is 12.9. The number of hydrogen-bond acceptors (Lipinski definition) is 1. The zero-order chi connectivity index (χ0) is 16.1. The predicted octanol–water partition coefficient (Wildman–Crippen LogP) is 7.92. The van der Waals surface area contributed by atoms with Crippen LogP contribution in [-0.4, -0.2) is 18.4 Å². The molecule has 0 saturated heterocycles. The van der Waals surface area contributed by atoms with Crippen LogP contribution < -0.4 is 0 Å². The van der Waals surface area contributed by atoms with Gasteiger partial charge in [-0.25, -0.2) is 0 Å². The van der Waals surface area contributed by atoms with Crippen LogP contribution in [0.1, 0.15) is 77.0 Å². The molecule has 0 saturated carbocycles. The van der Waals surface area contributed by atoms with Gasteiger partial charge in [0.25, 0.3) is 0 Å². The molecule has 0 amide bonds. The molecule has 0 unspecified atom stereocenters. The average molecular weight is 429 g/mol. The first-order chi connectivity index (χ1) is 10.8. The fourth-order valence-corrected chi connectivity index (χ4v) is 21.0. The van der Waals surface area contributed by atoms with Crippen molar-refractivity contribution in [3.05, 3.63) is 22.4 Å². The fraction of sp³-hybridized carbons (Fsp3) is 0.800. The van der Waals surface area contributed by atoms with E-state index >= 15 is 0 Å². The van der Waals surface area contributed by atoms with Crippen LogP contribution in [0.15, 0.2) is 17.5 Å². The third kappa shape index (κ3) is 8.38. The van der Waals surface area contributed by atoms with Crippen LogP contribution in [0.25, 0.3) is 0 Å². The Hall–Kier alpha value is 0.499. The van der Waals surface area contributed by atoms with Crippen LogP contribution in [0.4, 0.5) is 0 Å².